The number of rotatable bonds is 4. The maximum absolute atomic E-state index is 14.0. The average molecular weight is 282 g/mol. The molecule has 0 saturated carbocycles. The lowest BCUT2D eigenvalue weighted by molar-refractivity contribution is 0.172. The van der Waals surface area contributed by atoms with Crippen molar-refractivity contribution < 1.29 is 23.0 Å². The summed E-state index contributed by atoms with van der Waals surface area (Å²) in [6.07, 6.45) is -1.20. The molecule has 2 aromatic rings. The molecule has 1 atom stereocenters. The summed E-state index contributed by atoms with van der Waals surface area (Å²) in [5.74, 6) is -2.60. The van der Waals surface area contributed by atoms with E-state index in [1.54, 1.807) is 6.07 Å². The second-order valence-electron chi connectivity index (χ2n) is 4.33. The van der Waals surface area contributed by atoms with E-state index in [-0.39, 0.29) is 17.7 Å². The summed E-state index contributed by atoms with van der Waals surface area (Å²) in [4.78, 5) is 0. The highest BCUT2D eigenvalue weighted by atomic mass is 19.2. The Morgan fingerprint density at radius 2 is 1.85 bits per heavy atom. The molecule has 20 heavy (non-hydrogen) atoms. The molecule has 0 saturated heterocycles. The first-order valence-corrected chi connectivity index (χ1v) is 5.97. The van der Waals surface area contributed by atoms with Crippen LogP contribution in [0.5, 0.6) is 5.75 Å². The van der Waals surface area contributed by atoms with E-state index in [9.17, 15) is 18.3 Å². The molecular formula is C15H13F3O2. The standard InChI is InChI=1S/C15H13F3O2/c1-20-14-4-2-3-10(15(14)18)13(19)8-9-5-6-11(16)12(17)7-9/h2-7,13,19H,8H2,1H3. The lowest BCUT2D eigenvalue weighted by Gasteiger charge is -2.14. The summed E-state index contributed by atoms with van der Waals surface area (Å²) in [6.45, 7) is 0. The van der Waals surface area contributed by atoms with Gasteiger partial charge < -0.3 is 9.84 Å². The molecule has 106 valence electrons. The minimum Gasteiger partial charge on any atom is -0.494 e. The number of aliphatic hydroxyl groups excluding tert-OH is 1. The van der Waals surface area contributed by atoms with Crippen molar-refractivity contribution in [2.24, 2.45) is 0 Å². The van der Waals surface area contributed by atoms with Crippen LogP contribution in [0, 0.1) is 17.5 Å². The van der Waals surface area contributed by atoms with E-state index in [0.29, 0.717) is 5.56 Å². The summed E-state index contributed by atoms with van der Waals surface area (Å²) in [5.41, 5.74) is 0.424. The molecule has 0 heterocycles. The van der Waals surface area contributed by atoms with E-state index < -0.39 is 23.6 Å². The van der Waals surface area contributed by atoms with Gasteiger partial charge in [0.2, 0.25) is 0 Å². The lowest BCUT2D eigenvalue weighted by atomic mass is 10.0. The second kappa shape index (κ2) is 5.96. The Morgan fingerprint density at radius 1 is 1.10 bits per heavy atom. The Labute approximate surface area is 114 Å². The highest BCUT2D eigenvalue weighted by Gasteiger charge is 2.17. The molecule has 1 unspecified atom stereocenters. The maximum atomic E-state index is 14.0. The van der Waals surface area contributed by atoms with Gasteiger partial charge in [0.1, 0.15) is 0 Å². The number of benzene rings is 2. The third kappa shape index (κ3) is 2.93. The minimum absolute atomic E-state index is 0.0202. The van der Waals surface area contributed by atoms with E-state index >= 15 is 0 Å². The van der Waals surface area contributed by atoms with Crippen molar-refractivity contribution in [1.29, 1.82) is 0 Å². The summed E-state index contributed by atoms with van der Waals surface area (Å²) >= 11 is 0. The Hall–Kier alpha value is -2.01. The van der Waals surface area contributed by atoms with E-state index in [1.165, 1.54) is 25.3 Å². The van der Waals surface area contributed by atoms with Crippen LogP contribution < -0.4 is 4.74 Å². The van der Waals surface area contributed by atoms with Crippen LogP contribution in [0.2, 0.25) is 0 Å². The van der Waals surface area contributed by atoms with Crippen molar-refractivity contribution in [3.05, 3.63) is 65.0 Å². The summed E-state index contributed by atoms with van der Waals surface area (Å²) < 4.78 is 44.7. The topological polar surface area (TPSA) is 29.5 Å². The van der Waals surface area contributed by atoms with Crippen LogP contribution in [0.15, 0.2) is 36.4 Å². The van der Waals surface area contributed by atoms with Crippen LogP contribution in [-0.2, 0) is 6.42 Å². The number of hydrogen-bond acceptors (Lipinski definition) is 2. The van der Waals surface area contributed by atoms with Gasteiger partial charge in [-0.15, -0.1) is 0 Å². The minimum atomic E-state index is -1.17. The number of ether oxygens (including phenoxy) is 1. The molecule has 0 amide bonds. The molecule has 0 aliphatic rings. The molecule has 0 aliphatic heterocycles. The number of methoxy groups -OCH3 is 1. The lowest BCUT2D eigenvalue weighted by Crippen LogP contribution is -2.06. The zero-order chi connectivity index (χ0) is 14.7. The van der Waals surface area contributed by atoms with Crippen molar-refractivity contribution in [2.45, 2.75) is 12.5 Å². The van der Waals surface area contributed by atoms with E-state index in [1.807, 2.05) is 0 Å². The van der Waals surface area contributed by atoms with Gasteiger partial charge in [0.25, 0.3) is 0 Å². The molecule has 0 bridgehead atoms. The fraction of sp³-hybridized carbons (Fsp3) is 0.200. The fourth-order valence-electron chi connectivity index (χ4n) is 1.94. The SMILES string of the molecule is COc1cccc(C(O)Cc2ccc(F)c(F)c2)c1F. The molecule has 1 N–H and O–H groups in total. The average Bonchev–Trinajstić information content (AvgIpc) is 2.43. The van der Waals surface area contributed by atoms with Crippen LogP contribution in [0.25, 0.3) is 0 Å². The van der Waals surface area contributed by atoms with Crippen molar-refractivity contribution in [3.8, 4) is 5.75 Å². The van der Waals surface area contributed by atoms with Crippen LogP contribution in [-0.4, -0.2) is 12.2 Å². The van der Waals surface area contributed by atoms with Gasteiger partial charge in [-0.3, -0.25) is 0 Å². The molecule has 2 nitrogen and oxygen atoms in total. The molecule has 0 aliphatic carbocycles. The monoisotopic (exact) mass is 282 g/mol. The Balaban J connectivity index is 2.23. The zero-order valence-corrected chi connectivity index (χ0v) is 10.7. The van der Waals surface area contributed by atoms with Gasteiger partial charge in [-0.2, -0.15) is 0 Å². The quantitative estimate of drug-likeness (QED) is 0.931. The molecule has 2 aromatic carbocycles. The van der Waals surface area contributed by atoms with Gasteiger partial charge in [-0.25, -0.2) is 13.2 Å². The molecular weight excluding hydrogens is 269 g/mol. The number of halogens is 3. The Kier molecular flexibility index (Phi) is 4.29. The summed E-state index contributed by atoms with van der Waals surface area (Å²) in [6, 6.07) is 7.70. The van der Waals surface area contributed by atoms with Crippen LogP contribution >= 0.6 is 0 Å². The van der Waals surface area contributed by atoms with Gasteiger partial charge >= 0.3 is 0 Å². The summed E-state index contributed by atoms with van der Waals surface area (Å²) in [7, 11) is 1.32. The molecule has 2 rings (SSSR count). The van der Waals surface area contributed by atoms with E-state index in [2.05, 4.69) is 0 Å². The van der Waals surface area contributed by atoms with E-state index in [0.717, 1.165) is 12.1 Å². The van der Waals surface area contributed by atoms with Crippen molar-refractivity contribution in [3.63, 3.8) is 0 Å². The third-order valence-corrected chi connectivity index (χ3v) is 2.99. The maximum Gasteiger partial charge on any atom is 0.170 e. The predicted octanol–water partition coefficient (Wildman–Crippen LogP) is 3.39. The normalized spacial score (nSPS) is 12.2. The first-order chi connectivity index (χ1) is 9.52. The molecule has 0 fully saturated rings. The van der Waals surface area contributed by atoms with Crippen molar-refractivity contribution in [1.82, 2.24) is 0 Å². The molecule has 0 spiro atoms. The molecule has 0 radical (unpaired) electrons. The van der Waals surface area contributed by atoms with Crippen LogP contribution in [0.1, 0.15) is 17.2 Å². The van der Waals surface area contributed by atoms with Gasteiger partial charge in [0, 0.05) is 12.0 Å². The second-order valence-corrected chi connectivity index (χ2v) is 4.33. The third-order valence-electron chi connectivity index (χ3n) is 2.99. The van der Waals surface area contributed by atoms with Gasteiger partial charge in [0.05, 0.1) is 13.2 Å². The molecule has 5 heteroatoms. The zero-order valence-electron chi connectivity index (χ0n) is 10.7. The Bertz CT molecular complexity index is 614. The number of hydrogen-bond donors (Lipinski definition) is 1. The van der Waals surface area contributed by atoms with Gasteiger partial charge in [-0.1, -0.05) is 18.2 Å². The predicted molar refractivity (Wildman–Crippen MR) is 68.0 cm³/mol. The van der Waals surface area contributed by atoms with Crippen molar-refractivity contribution in [2.75, 3.05) is 7.11 Å². The first kappa shape index (κ1) is 14.4. The fourth-order valence-corrected chi connectivity index (χ4v) is 1.94. The van der Waals surface area contributed by atoms with Crippen LogP contribution in [0.3, 0.4) is 0 Å². The first-order valence-electron chi connectivity index (χ1n) is 5.97. The Morgan fingerprint density at radius 3 is 2.50 bits per heavy atom. The highest BCUT2D eigenvalue weighted by Crippen LogP contribution is 2.27. The van der Waals surface area contributed by atoms with Crippen LogP contribution in [0.4, 0.5) is 13.2 Å². The molecule has 0 aromatic heterocycles. The highest BCUT2D eigenvalue weighted by molar-refractivity contribution is 5.33. The largest absolute Gasteiger partial charge is 0.494 e. The smallest absolute Gasteiger partial charge is 0.170 e. The summed E-state index contributed by atoms with van der Waals surface area (Å²) in [5, 5.41) is 10.0. The van der Waals surface area contributed by atoms with Gasteiger partial charge in [0.15, 0.2) is 23.2 Å². The van der Waals surface area contributed by atoms with Crippen molar-refractivity contribution >= 4 is 0 Å². The van der Waals surface area contributed by atoms with Gasteiger partial charge in [-0.05, 0) is 23.8 Å². The number of aliphatic hydroxyl groups is 1. The van der Waals surface area contributed by atoms with E-state index in [4.69, 9.17) is 4.74 Å².